The van der Waals surface area contributed by atoms with Crippen molar-refractivity contribution in [1.29, 1.82) is 0 Å². The second-order valence-electron chi connectivity index (χ2n) is 6.29. The molecule has 5 heteroatoms. The number of hydrogen-bond donors (Lipinski definition) is 1. The highest BCUT2D eigenvalue weighted by molar-refractivity contribution is 5.80. The molecule has 120 valence electrons. The maximum Gasteiger partial charge on any atom is 0.226 e. The smallest absolute Gasteiger partial charge is 0.226 e. The number of fused-ring (bicyclic) bond motifs is 1. The third-order valence-corrected chi connectivity index (χ3v) is 4.67. The van der Waals surface area contributed by atoms with Gasteiger partial charge in [-0.1, -0.05) is 6.07 Å². The first-order chi connectivity index (χ1) is 10.5. The van der Waals surface area contributed by atoms with Crippen molar-refractivity contribution >= 4 is 5.91 Å². The molecule has 4 nitrogen and oxygen atoms in total. The number of amides is 1. The molecule has 2 aliphatic rings. The molecule has 1 aromatic rings. The van der Waals surface area contributed by atoms with Crippen molar-refractivity contribution < 1.29 is 19.0 Å². The van der Waals surface area contributed by atoms with E-state index in [1.54, 1.807) is 4.90 Å². The van der Waals surface area contributed by atoms with Crippen LogP contribution in [0.25, 0.3) is 0 Å². The quantitative estimate of drug-likeness (QED) is 0.926. The van der Waals surface area contributed by atoms with E-state index >= 15 is 0 Å². The number of aliphatic hydroxyl groups is 1. The molecular weight excluding hydrogens is 285 g/mol. The summed E-state index contributed by atoms with van der Waals surface area (Å²) in [7, 11) is 0. The number of nitrogens with zero attached hydrogens (tertiary/aromatic N) is 1. The number of benzene rings is 1. The average Bonchev–Trinajstić information content (AvgIpc) is 2.51. The summed E-state index contributed by atoms with van der Waals surface area (Å²) in [6.45, 7) is 3.30. The summed E-state index contributed by atoms with van der Waals surface area (Å²) in [4.78, 5) is 14.3. The van der Waals surface area contributed by atoms with E-state index in [1.807, 2.05) is 19.1 Å². The third kappa shape index (κ3) is 2.82. The minimum atomic E-state index is -1.55. The van der Waals surface area contributed by atoms with E-state index in [9.17, 15) is 9.18 Å². The highest BCUT2D eigenvalue weighted by atomic mass is 19.1. The Kier molecular flexibility index (Phi) is 4.08. The fourth-order valence-electron chi connectivity index (χ4n) is 3.36. The first-order valence-corrected chi connectivity index (χ1v) is 7.88. The number of aliphatic hydroxyl groups excluding tert-OH is 1. The topological polar surface area (TPSA) is 49.8 Å². The summed E-state index contributed by atoms with van der Waals surface area (Å²) in [5.41, 5.74) is 0.811. The Labute approximate surface area is 129 Å². The number of carbonyl (C=O) groups excluding carboxylic acids is 1. The van der Waals surface area contributed by atoms with E-state index in [0.29, 0.717) is 19.7 Å². The molecule has 0 bridgehead atoms. The lowest BCUT2D eigenvalue weighted by Gasteiger charge is -2.42. The number of halogens is 1. The van der Waals surface area contributed by atoms with Crippen LogP contribution in [0.3, 0.4) is 0 Å². The highest BCUT2D eigenvalue weighted by Crippen LogP contribution is 2.42. The number of carbonyl (C=O) groups is 1. The lowest BCUT2D eigenvalue weighted by atomic mass is 9.72. The van der Waals surface area contributed by atoms with Gasteiger partial charge in [0.2, 0.25) is 5.91 Å². The minimum Gasteiger partial charge on any atom is -0.494 e. The Morgan fingerprint density at radius 1 is 1.45 bits per heavy atom. The van der Waals surface area contributed by atoms with Gasteiger partial charge in [-0.25, -0.2) is 4.39 Å². The third-order valence-electron chi connectivity index (χ3n) is 4.67. The molecule has 0 unspecified atom stereocenters. The molecule has 0 aromatic heterocycles. The van der Waals surface area contributed by atoms with Crippen LogP contribution in [0.2, 0.25) is 0 Å². The first kappa shape index (κ1) is 15.3. The summed E-state index contributed by atoms with van der Waals surface area (Å²) >= 11 is 0. The zero-order chi connectivity index (χ0) is 15.7. The lowest BCUT2D eigenvalue weighted by molar-refractivity contribution is -0.148. The van der Waals surface area contributed by atoms with Gasteiger partial charge in [0.1, 0.15) is 11.4 Å². The molecule has 1 aliphatic carbocycles. The predicted molar refractivity (Wildman–Crippen MR) is 80.4 cm³/mol. The molecule has 1 amide bonds. The van der Waals surface area contributed by atoms with Gasteiger partial charge in [0.05, 0.1) is 13.2 Å². The van der Waals surface area contributed by atoms with Crippen molar-refractivity contribution in [3.63, 3.8) is 0 Å². The first-order valence-electron chi connectivity index (χ1n) is 7.88. The standard InChI is InChI=1S/C17H22FNO3/c1-2-22-15-4-3-12-5-6-19(10-13(12)7-15)16(21)14-8-17(18,9-14)11-20/h3-4,7,14,20H,2,5-6,8-11H2,1H3. The Morgan fingerprint density at radius 3 is 2.91 bits per heavy atom. The van der Waals surface area contributed by atoms with Crippen molar-refractivity contribution in [3.05, 3.63) is 29.3 Å². The Balaban J connectivity index is 1.66. The zero-order valence-electron chi connectivity index (χ0n) is 12.8. The minimum absolute atomic E-state index is 0.00851. The van der Waals surface area contributed by atoms with Crippen LogP contribution in [-0.4, -0.2) is 41.3 Å². The SMILES string of the molecule is CCOc1ccc2c(c1)CN(C(=O)C1CC(F)(CO)C1)CC2. The van der Waals surface area contributed by atoms with Crippen LogP contribution in [0, 0.1) is 5.92 Å². The summed E-state index contributed by atoms with van der Waals surface area (Å²) < 4.78 is 19.3. The van der Waals surface area contributed by atoms with Gasteiger partial charge in [-0.15, -0.1) is 0 Å². The number of ether oxygens (including phenoxy) is 1. The normalized spacial score (nSPS) is 27.0. The molecule has 22 heavy (non-hydrogen) atoms. The van der Waals surface area contributed by atoms with Crippen LogP contribution in [0.4, 0.5) is 4.39 Å². The van der Waals surface area contributed by atoms with Gasteiger partial charge in [-0.05, 0) is 49.4 Å². The molecule has 1 saturated carbocycles. The fourth-order valence-corrected chi connectivity index (χ4v) is 3.36. The van der Waals surface area contributed by atoms with Gasteiger partial charge in [-0.2, -0.15) is 0 Å². The van der Waals surface area contributed by atoms with Crippen LogP contribution in [0.5, 0.6) is 5.75 Å². The highest BCUT2D eigenvalue weighted by Gasteiger charge is 2.48. The van der Waals surface area contributed by atoms with Crippen molar-refractivity contribution in [2.24, 2.45) is 5.92 Å². The number of hydrogen-bond acceptors (Lipinski definition) is 3. The van der Waals surface area contributed by atoms with Crippen LogP contribution >= 0.6 is 0 Å². The van der Waals surface area contributed by atoms with E-state index in [4.69, 9.17) is 9.84 Å². The van der Waals surface area contributed by atoms with Crippen LogP contribution in [0.15, 0.2) is 18.2 Å². The predicted octanol–water partition coefficient (Wildman–Crippen LogP) is 2.08. The van der Waals surface area contributed by atoms with Gasteiger partial charge in [0.25, 0.3) is 0 Å². The number of alkyl halides is 1. The fraction of sp³-hybridized carbons (Fsp3) is 0.588. The van der Waals surface area contributed by atoms with Crippen LogP contribution in [-0.2, 0) is 17.8 Å². The maximum absolute atomic E-state index is 13.8. The lowest BCUT2D eigenvalue weighted by Crippen LogP contribution is -2.51. The molecular formula is C17H22FNO3. The van der Waals surface area contributed by atoms with E-state index in [-0.39, 0.29) is 24.7 Å². The van der Waals surface area contributed by atoms with Gasteiger partial charge < -0.3 is 14.7 Å². The van der Waals surface area contributed by atoms with E-state index < -0.39 is 12.3 Å². The molecule has 1 aliphatic heterocycles. The average molecular weight is 307 g/mol. The van der Waals surface area contributed by atoms with Crippen LogP contribution in [0.1, 0.15) is 30.9 Å². The molecule has 1 N–H and O–H groups in total. The van der Waals surface area contributed by atoms with Gasteiger partial charge in [0.15, 0.2) is 0 Å². The molecule has 0 atom stereocenters. The second-order valence-corrected chi connectivity index (χ2v) is 6.29. The van der Waals surface area contributed by atoms with Crippen molar-refractivity contribution in [1.82, 2.24) is 4.90 Å². The molecule has 1 heterocycles. The van der Waals surface area contributed by atoms with E-state index in [1.165, 1.54) is 5.56 Å². The second kappa shape index (κ2) is 5.88. The number of rotatable bonds is 4. The Morgan fingerprint density at radius 2 is 2.23 bits per heavy atom. The summed E-state index contributed by atoms with van der Waals surface area (Å²) in [5.74, 6) is 0.546. The molecule has 1 fully saturated rings. The van der Waals surface area contributed by atoms with Crippen molar-refractivity contribution in [3.8, 4) is 5.75 Å². The molecule has 1 aromatic carbocycles. The van der Waals surface area contributed by atoms with Crippen molar-refractivity contribution in [2.45, 2.75) is 38.4 Å². The van der Waals surface area contributed by atoms with E-state index in [2.05, 4.69) is 6.07 Å². The Bertz CT molecular complexity index is 569. The van der Waals surface area contributed by atoms with Crippen molar-refractivity contribution in [2.75, 3.05) is 19.8 Å². The van der Waals surface area contributed by atoms with Gasteiger partial charge in [-0.3, -0.25) is 4.79 Å². The van der Waals surface area contributed by atoms with Crippen LogP contribution < -0.4 is 4.74 Å². The molecule has 0 saturated heterocycles. The maximum atomic E-state index is 13.8. The zero-order valence-corrected chi connectivity index (χ0v) is 12.8. The molecule has 0 radical (unpaired) electrons. The summed E-state index contributed by atoms with van der Waals surface area (Å²) in [5, 5.41) is 8.95. The van der Waals surface area contributed by atoms with Gasteiger partial charge in [0, 0.05) is 19.0 Å². The monoisotopic (exact) mass is 307 g/mol. The summed E-state index contributed by atoms with van der Waals surface area (Å²) in [6.07, 6.45) is 1.11. The van der Waals surface area contributed by atoms with E-state index in [0.717, 1.165) is 17.7 Å². The summed E-state index contributed by atoms with van der Waals surface area (Å²) in [6, 6.07) is 6.01. The molecule has 0 spiro atoms. The van der Waals surface area contributed by atoms with Gasteiger partial charge >= 0.3 is 0 Å². The molecule has 3 rings (SSSR count). The largest absolute Gasteiger partial charge is 0.494 e. The Hall–Kier alpha value is -1.62.